The smallest absolute Gasteiger partial charge is 0.224 e. The Labute approximate surface area is 178 Å². The third-order valence-corrected chi connectivity index (χ3v) is 5.34. The van der Waals surface area contributed by atoms with Crippen molar-refractivity contribution in [3.8, 4) is 0 Å². The van der Waals surface area contributed by atoms with Crippen LogP contribution in [0.1, 0.15) is 36.1 Å². The second-order valence-electron chi connectivity index (χ2n) is 7.14. The Morgan fingerprint density at radius 3 is 2.24 bits per heavy atom. The number of nitrogens with zero attached hydrogens (tertiary/aromatic N) is 3. The predicted octanol–water partition coefficient (Wildman–Crippen LogP) is 3.68. The average molecular weight is 409 g/mol. The molecule has 0 saturated heterocycles. The van der Waals surface area contributed by atoms with Gasteiger partial charge in [0.25, 0.3) is 0 Å². The van der Waals surface area contributed by atoms with Crippen molar-refractivity contribution in [3.63, 3.8) is 0 Å². The van der Waals surface area contributed by atoms with Crippen LogP contribution in [0.2, 0.25) is 0 Å². The predicted molar refractivity (Wildman–Crippen MR) is 119 cm³/mol. The van der Waals surface area contributed by atoms with Crippen LogP contribution in [-0.2, 0) is 30.7 Å². The van der Waals surface area contributed by atoms with Crippen LogP contribution in [-0.4, -0.2) is 26.4 Å². The highest BCUT2D eigenvalue weighted by Crippen LogP contribution is 2.13. The van der Waals surface area contributed by atoms with Crippen molar-refractivity contribution in [1.29, 1.82) is 0 Å². The summed E-state index contributed by atoms with van der Waals surface area (Å²) < 4.78 is 2.12. The first kappa shape index (κ1) is 21.1. The van der Waals surface area contributed by atoms with Gasteiger partial charge < -0.3 is 9.88 Å². The van der Waals surface area contributed by atoms with E-state index >= 15 is 0 Å². The van der Waals surface area contributed by atoms with E-state index in [0.29, 0.717) is 25.3 Å². The molecular weight excluding hydrogens is 380 g/mol. The Kier molecular flexibility index (Phi) is 7.87. The Bertz CT molecular complexity index is 896. The maximum absolute atomic E-state index is 12.7. The van der Waals surface area contributed by atoms with Gasteiger partial charge >= 0.3 is 0 Å². The van der Waals surface area contributed by atoms with Crippen molar-refractivity contribution >= 4 is 18.5 Å². The highest BCUT2D eigenvalue weighted by atomic mass is 32.1. The van der Waals surface area contributed by atoms with Crippen LogP contribution in [0.5, 0.6) is 0 Å². The molecule has 1 amide bonds. The van der Waals surface area contributed by atoms with Crippen molar-refractivity contribution in [1.82, 2.24) is 20.1 Å². The first-order valence-electron chi connectivity index (χ1n) is 10.1. The number of benzene rings is 2. The molecule has 1 N–H and O–H groups in total. The van der Waals surface area contributed by atoms with Crippen LogP contribution in [0, 0.1) is 5.92 Å². The fourth-order valence-corrected chi connectivity index (χ4v) is 3.60. The summed E-state index contributed by atoms with van der Waals surface area (Å²) in [7, 11) is 0. The number of hydrogen-bond donors (Lipinski definition) is 2. The lowest BCUT2D eigenvalue weighted by Gasteiger charge is -2.15. The maximum atomic E-state index is 12.7. The van der Waals surface area contributed by atoms with E-state index in [1.165, 1.54) is 5.56 Å². The summed E-state index contributed by atoms with van der Waals surface area (Å²) in [4.78, 5) is 12.7. The van der Waals surface area contributed by atoms with Gasteiger partial charge in [-0.05, 0) is 24.0 Å². The van der Waals surface area contributed by atoms with Gasteiger partial charge in [0.2, 0.25) is 5.91 Å². The normalized spacial score (nSPS) is 11.9. The minimum atomic E-state index is -0.179. The van der Waals surface area contributed by atoms with Gasteiger partial charge in [-0.3, -0.25) is 4.79 Å². The maximum Gasteiger partial charge on any atom is 0.224 e. The third kappa shape index (κ3) is 5.94. The molecule has 0 aliphatic carbocycles. The molecule has 6 heteroatoms. The van der Waals surface area contributed by atoms with Gasteiger partial charge in [-0.15, -0.1) is 10.2 Å². The number of nitrogens with one attached hydrogen (secondary N) is 1. The molecule has 3 rings (SSSR count). The molecular formula is C23H28N4OS. The van der Waals surface area contributed by atoms with Crippen molar-refractivity contribution in [2.75, 3.05) is 5.75 Å². The monoisotopic (exact) mass is 408 g/mol. The van der Waals surface area contributed by atoms with Crippen molar-refractivity contribution in [3.05, 3.63) is 83.4 Å². The number of rotatable bonds is 10. The summed E-state index contributed by atoms with van der Waals surface area (Å²) in [6.07, 6.45) is 2.53. The molecule has 0 aliphatic heterocycles. The molecule has 1 aromatic heterocycles. The topological polar surface area (TPSA) is 59.8 Å². The number of thiol groups is 1. The number of carbonyl (C=O) groups excluding carboxylic acids is 1. The Morgan fingerprint density at radius 2 is 1.62 bits per heavy atom. The summed E-state index contributed by atoms with van der Waals surface area (Å²) in [5, 5.41) is 11.8. The molecule has 0 bridgehead atoms. The molecule has 29 heavy (non-hydrogen) atoms. The lowest BCUT2D eigenvalue weighted by molar-refractivity contribution is -0.124. The summed E-state index contributed by atoms with van der Waals surface area (Å²) in [5.41, 5.74) is 2.33. The minimum absolute atomic E-state index is 0.00449. The number of aromatic nitrogens is 3. The Hall–Kier alpha value is -2.60. The van der Waals surface area contributed by atoms with Crippen LogP contribution in [0.25, 0.3) is 0 Å². The molecule has 1 heterocycles. The lowest BCUT2D eigenvalue weighted by atomic mass is 10.0. The summed E-state index contributed by atoms with van der Waals surface area (Å²) in [5.74, 6) is 2.05. The van der Waals surface area contributed by atoms with Gasteiger partial charge in [0.15, 0.2) is 5.82 Å². The second-order valence-corrected chi connectivity index (χ2v) is 7.51. The standard InChI is InChI=1S/C23H28N4OS/c1-2-9-21-25-26-22(27(21)16-19-12-7-4-8-13-19)15-24-23(28)20(17-29)14-18-10-5-3-6-11-18/h3-8,10-13,20,29H,2,9,14-17H2,1H3,(H,24,28). The van der Waals surface area contributed by atoms with E-state index in [-0.39, 0.29) is 11.8 Å². The molecule has 0 aliphatic rings. The molecule has 5 nitrogen and oxygen atoms in total. The molecule has 152 valence electrons. The number of aryl methyl sites for hydroxylation is 1. The third-order valence-electron chi connectivity index (χ3n) is 4.90. The average Bonchev–Trinajstić information content (AvgIpc) is 3.13. The van der Waals surface area contributed by atoms with E-state index in [1.807, 2.05) is 48.5 Å². The minimum Gasteiger partial charge on any atom is -0.349 e. The zero-order chi connectivity index (χ0) is 20.5. The molecule has 0 saturated carbocycles. The fourth-order valence-electron chi connectivity index (χ4n) is 3.31. The molecule has 0 radical (unpaired) electrons. The Balaban J connectivity index is 1.68. The fraction of sp³-hybridized carbons (Fsp3) is 0.348. The van der Waals surface area contributed by atoms with Crippen LogP contribution < -0.4 is 5.32 Å². The lowest BCUT2D eigenvalue weighted by Crippen LogP contribution is -2.33. The van der Waals surface area contributed by atoms with Gasteiger partial charge in [-0.25, -0.2) is 0 Å². The quantitative estimate of drug-likeness (QED) is 0.503. The number of hydrogen-bond acceptors (Lipinski definition) is 4. The molecule has 0 fully saturated rings. The molecule has 3 aromatic rings. The highest BCUT2D eigenvalue weighted by molar-refractivity contribution is 7.80. The van der Waals surface area contributed by atoms with E-state index in [4.69, 9.17) is 0 Å². The molecule has 2 aromatic carbocycles. The van der Waals surface area contributed by atoms with Gasteiger partial charge in [0, 0.05) is 12.2 Å². The first-order chi connectivity index (χ1) is 14.2. The highest BCUT2D eigenvalue weighted by Gasteiger charge is 2.19. The summed E-state index contributed by atoms with van der Waals surface area (Å²) in [6.45, 7) is 3.19. The van der Waals surface area contributed by atoms with E-state index in [2.05, 4.69) is 51.8 Å². The van der Waals surface area contributed by atoms with Crippen LogP contribution >= 0.6 is 12.6 Å². The van der Waals surface area contributed by atoms with Crippen molar-refractivity contribution < 1.29 is 4.79 Å². The van der Waals surface area contributed by atoms with E-state index in [1.54, 1.807) is 0 Å². The van der Waals surface area contributed by atoms with Gasteiger partial charge in [-0.2, -0.15) is 12.6 Å². The van der Waals surface area contributed by atoms with Crippen LogP contribution in [0.4, 0.5) is 0 Å². The molecule has 1 unspecified atom stereocenters. The van der Waals surface area contributed by atoms with Crippen molar-refractivity contribution in [2.24, 2.45) is 5.92 Å². The summed E-state index contributed by atoms with van der Waals surface area (Å²) in [6, 6.07) is 20.3. The van der Waals surface area contributed by atoms with Gasteiger partial charge in [0.05, 0.1) is 19.0 Å². The van der Waals surface area contributed by atoms with E-state index in [9.17, 15) is 4.79 Å². The molecule has 1 atom stereocenters. The SMILES string of the molecule is CCCc1nnc(CNC(=O)C(CS)Cc2ccccc2)n1Cc1ccccc1. The van der Waals surface area contributed by atoms with E-state index in [0.717, 1.165) is 30.1 Å². The van der Waals surface area contributed by atoms with E-state index < -0.39 is 0 Å². The zero-order valence-corrected chi connectivity index (χ0v) is 17.7. The zero-order valence-electron chi connectivity index (χ0n) is 16.8. The Morgan fingerprint density at radius 1 is 1.00 bits per heavy atom. The number of amides is 1. The van der Waals surface area contributed by atoms with Crippen LogP contribution in [0.15, 0.2) is 60.7 Å². The molecule has 0 spiro atoms. The number of carbonyl (C=O) groups is 1. The second kappa shape index (κ2) is 10.8. The largest absolute Gasteiger partial charge is 0.349 e. The van der Waals surface area contributed by atoms with Gasteiger partial charge in [-0.1, -0.05) is 67.6 Å². The summed E-state index contributed by atoms with van der Waals surface area (Å²) >= 11 is 4.39. The van der Waals surface area contributed by atoms with Crippen molar-refractivity contribution in [2.45, 2.75) is 39.3 Å². The first-order valence-corrected chi connectivity index (χ1v) is 10.7. The van der Waals surface area contributed by atoms with Gasteiger partial charge in [0.1, 0.15) is 5.82 Å². The van der Waals surface area contributed by atoms with Crippen LogP contribution in [0.3, 0.4) is 0 Å².